The van der Waals surface area contributed by atoms with Crippen molar-refractivity contribution in [1.29, 1.82) is 0 Å². The zero-order chi connectivity index (χ0) is 17.5. The number of nitrogens with zero attached hydrogens (tertiary/aromatic N) is 2. The predicted octanol–water partition coefficient (Wildman–Crippen LogP) is 2.52. The Hall–Kier alpha value is -3.35. The topological polar surface area (TPSA) is 102 Å². The van der Waals surface area contributed by atoms with Gasteiger partial charge in [-0.3, -0.25) is 19.7 Å². The monoisotopic (exact) mass is 325 g/mol. The van der Waals surface area contributed by atoms with E-state index in [-0.39, 0.29) is 29.6 Å². The molecule has 7 heteroatoms. The van der Waals surface area contributed by atoms with Gasteiger partial charge in [0.1, 0.15) is 5.69 Å². The van der Waals surface area contributed by atoms with Crippen LogP contribution in [0.3, 0.4) is 0 Å². The second kappa shape index (κ2) is 7.77. The highest BCUT2D eigenvalue weighted by atomic mass is 16.6. The lowest BCUT2D eigenvalue weighted by Crippen LogP contribution is -2.20. The molecule has 2 aromatic rings. The minimum absolute atomic E-state index is 0.00850. The summed E-state index contributed by atoms with van der Waals surface area (Å²) >= 11 is 0. The van der Waals surface area contributed by atoms with Gasteiger partial charge in [-0.1, -0.05) is 12.1 Å². The summed E-state index contributed by atoms with van der Waals surface area (Å²) in [6.45, 7) is 1.66. The first-order valence-electron chi connectivity index (χ1n) is 7.13. The SMILES string of the molecule is CC(=O)NCc1cccc(C(=O)C=Cc2ccc([N+](=O)[O-])cc2)n1. The van der Waals surface area contributed by atoms with Crippen LogP contribution in [0.5, 0.6) is 0 Å². The van der Waals surface area contributed by atoms with Crippen LogP contribution in [0.1, 0.15) is 28.7 Å². The molecule has 0 radical (unpaired) electrons. The molecule has 0 unspecified atom stereocenters. The third kappa shape index (κ3) is 4.84. The molecule has 1 aromatic carbocycles. The van der Waals surface area contributed by atoms with E-state index in [9.17, 15) is 19.7 Å². The van der Waals surface area contributed by atoms with E-state index in [4.69, 9.17) is 0 Å². The fraction of sp³-hybridized carbons (Fsp3) is 0.118. The normalized spacial score (nSPS) is 10.5. The summed E-state index contributed by atoms with van der Waals surface area (Å²) in [5.41, 5.74) is 1.50. The minimum atomic E-state index is -0.483. The van der Waals surface area contributed by atoms with Crippen molar-refractivity contribution in [2.75, 3.05) is 0 Å². The molecule has 7 nitrogen and oxygen atoms in total. The van der Waals surface area contributed by atoms with Crippen LogP contribution in [0.15, 0.2) is 48.5 Å². The number of ketones is 1. The van der Waals surface area contributed by atoms with E-state index in [1.165, 1.54) is 25.1 Å². The number of rotatable bonds is 6. The maximum Gasteiger partial charge on any atom is 0.269 e. The average Bonchev–Trinajstić information content (AvgIpc) is 2.58. The lowest BCUT2D eigenvalue weighted by atomic mass is 10.1. The highest BCUT2D eigenvalue weighted by Gasteiger charge is 2.06. The van der Waals surface area contributed by atoms with E-state index >= 15 is 0 Å². The predicted molar refractivity (Wildman–Crippen MR) is 88.2 cm³/mol. The zero-order valence-electron chi connectivity index (χ0n) is 12.9. The molecule has 0 saturated carbocycles. The van der Waals surface area contributed by atoms with Crippen LogP contribution in [-0.2, 0) is 11.3 Å². The summed E-state index contributed by atoms with van der Waals surface area (Å²) < 4.78 is 0. The van der Waals surface area contributed by atoms with E-state index in [0.29, 0.717) is 11.3 Å². The highest BCUT2D eigenvalue weighted by molar-refractivity contribution is 6.05. The second-order valence-electron chi connectivity index (χ2n) is 4.97. The van der Waals surface area contributed by atoms with Crippen molar-refractivity contribution in [3.05, 3.63) is 75.6 Å². The third-order valence-corrected chi connectivity index (χ3v) is 3.11. The van der Waals surface area contributed by atoms with Crippen LogP contribution in [0.25, 0.3) is 6.08 Å². The Morgan fingerprint density at radius 3 is 2.54 bits per heavy atom. The Balaban J connectivity index is 2.07. The number of benzene rings is 1. The summed E-state index contributed by atoms with van der Waals surface area (Å²) in [4.78, 5) is 37.3. The van der Waals surface area contributed by atoms with E-state index in [1.807, 2.05) is 0 Å². The average molecular weight is 325 g/mol. The summed E-state index contributed by atoms with van der Waals surface area (Å²) in [6, 6.07) is 10.8. The van der Waals surface area contributed by atoms with Gasteiger partial charge in [0.15, 0.2) is 0 Å². The number of aromatic nitrogens is 1. The lowest BCUT2D eigenvalue weighted by Gasteiger charge is -2.03. The van der Waals surface area contributed by atoms with Crippen LogP contribution < -0.4 is 5.32 Å². The van der Waals surface area contributed by atoms with Crippen molar-refractivity contribution in [3.8, 4) is 0 Å². The quantitative estimate of drug-likeness (QED) is 0.380. The Morgan fingerprint density at radius 2 is 1.92 bits per heavy atom. The molecular weight excluding hydrogens is 310 g/mol. The second-order valence-corrected chi connectivity index (χ2v) is 4.97. The number of allylic oxidation sites excluding steroid dienone is 1. The minimum Gasteiger partial charge on any atom is -0.351 e. The number of hydrogen-bond acceptors (Lipinski definition) is 5. The Kier molecular flexibility index (Phi) is 5.51. The van der Waals surface area contributed by atoms with Crippen molar-refractivity contribution in [2.45, 2.75) is 13.5 Å². The largest absolute Gasteiger partial charge is 0.351 e. The van der Waals surface area contributed by atoms with E-state index in [2.05, 4.69) is 10.3 Å². The zero-order valence-corrected chi connectivity index (χ0v) is 12.9. The van der Waals surface area contributed by atoms with Crippen LogP contribution in [0, 0.1) is 10.1 Å². The molecule has 0 aliphatic rings. The first kappa shape index (κ1) is 17.0. The van der Waals surface area contributed by atoms with Crippen molar-refractivity contribution < 1.29 is 14.5 Å². The third-order valence-electron chi connectivity index (χ3n) is 3.11. The van der Waals surface area contributed by atoms with Gasteiger partial charge < -0.3 is 5.32 Å². The molecule has 122 valence electrons. The van der Waals surface area contributed by atoms with Gasteiger partial charge in [0.05, 0.1) is 17.2 Å². The van der Waals surface area contributed by atoms with E-state index in [1.54, 1.807) is 36.4 Å². The van der Waals surface area contributed by atoms with Gasteiger partial charge in [-0.05, 0) is 35.9 Å². The smallest absolute Gasteiger partial charge is 0.269 e. The molecule has 0 spiro atoms. The summed E-state index contributed by atoms with van der Waals surface area (Å²) in [5, 5.41) is 13.2. The molecule has 1 N–H and O–H groups in total. The van der Waals surface area contributed by atoms with Crippen molar-refractivity contribution in [3.63, 3.8) is 0 Å². The first-order valence-corrected chi connectivity index (χ1v) is 7.13. The van der Waals surface area contributed by atoms with E-state index < -0.39 is 4.92 Å². The first-order chi connectivity index (χ1) is 11.5. The van der Waals surface area contributed by atoms with Crippen LogP contribution in [0.2, 0.25) is 0 Å². The van der Waals surface area contributed by atoms with Gasteiger partial charge in [0.2, 0.25) is 11.7 Å². The lowest BCUT2D eigenvalue weighted by molar-refractivity contribution is -0.384. The molecule has 2 rings (SSSR count). The van der Waals surface area contributed by atoms with Gasteiger partial charge in [-0.2, -0.15) is 0 Å². The molecule has 24 heavy (non-hydrogen) atoms. The molecule has 1 amide bonds. The number of pyridine rings is 1. The van der Waals surface area contributed by atoms with Gasteiger partial charge >= 0.3 is 0 Å². The molecule has 0 aliphatic carbocycles. The highest BCUT2D eigenvalue weighted by Crippen LogP contribution is 2.13. The number of nitro groups is 1. The number of nitrogens with one attached hydrogen (secondary N) is 1. The molecular formula is C17H15N3O4. The molecule has 0 atom stereocenters. The van der Waals surface area contributed by atoms with Crippen LogP contribution in [-0.4, -0.2) is 21.6 Å². The Labute approximate surface area is 138 Å². The molecule has 0 aliphatic heterocycles. The fourth-order valence-corrected chi connectivity index (χ4v) is 1.89. The summed E-state index contributed by atoms with van der Waals surface area (Å²) in [7, 11) is 0. The number of carbonyl (C=O) groups excluding carboxylic acids is 2. The van der Waals surface area contributed by atoms with Gasteiger partial charge in [0.25, 0.3) is 5.69 Å². The number of carbonyl (C=O) groups is 2. The van der Waals surface area contributed by atoms with Crippen molar-refractivity contribution in [2.24, 2.45) is 0 Å². The Morgan fingerprint density at radius 1 is 1.21 bits per heavy atom. The van der Waals surface area contributed by atoms with Gasteiger partial charge in [-0.15, -0.1) is 0 Å². The molecule has 0 bridgehead atoms. The van der Waals surface area contributed by atoms with Gasteiger partial charge in [0, 0.05) is 19.1 Å². The van der Waals surface area contributed by atoms with E-state index in [0.717, 1.165) is 0 Å². The van der Waals surface area contributed by atoms with Crippen LogP contribution in [0.4, 0.5) is 5.69 Å². The molecule has 0 fully saturated rings. The maximum atomic E-state index is 12.1. The van der Waals surface area contributed by atoms with Gasteiger partial charge in [-0.25, -0.2) is 4.98 Å². The summed E-state index contributed by atoms with van der Waals surface area (Å²) in [5.74, 6) is -0.468. The Bertz CT molecular complexity index is 798. The maximum absolute atomic E-state index is 12.1. The number of amides is 1. The molecule has 0 saturated heterocycles. The van der Waals surface area contributed by atoms with Crippen molar-refractivity contribution >= 4 is 23.5 Å². The number of non-ortho nitro benzene ring substituents is 1. The molecule has 1 heterocycles. The summed E-state index contributed by atoms with van der Waals surface area (Å²) in [6.07, 6.45) is 2.92. The standard InChI is InChI=1S/C17H15N3O4/c1-12(21)18-11-14-3-2-4-16(19-14)17(22)10-7-13-5-8-15(9-6-13)20(23)24/h2-10H,11H2,1H3,(H,18,21). The molecule has 1 aromatic heterocycles. The number of hydrogen-bond donors (Lipinski definition) is 1. The fourth-order valence-electron chi connectivity index (χ4n) is 1.89. The van der Waals surface area contributed by atoms with Crippen molar-refractivity contribution in [1.82, 2.24) is 10.3 Å². The number of nitro benzene ring substituents is 1. The van der Waals surface area contributed by atoms with Crippen LogP contribution >= 0.6 is 0 Å².